The van der Waals surface area contributed by atoms with Crippen molar-refractivity contribution >= 4 is 12.1 Å². The number of aliphatic hydroxyl groups excluding tert-OH is 1. The maximum absolute atomic E-state index is 13.9. The monoisotopic (exact) mass is 595 g/mol. The van der Waals surface area contributed by atoms with Gasteiger partial charge in [-0.3, -0.25) is 0 Å². The molecule has 2 unspecified atom stereocenters. The van der Waals surface area contributed by atoms with Crippen LogP contribution in [0.4, 0.5) is 40.3 Å². The Morgan fingerprint density at radius 2 is 1.71 bits per heavy atom. The number of piperidine rings is 1. The van der Waals surface area contributed by atoms with Crippen molar-refractivity contribution in [2.45, 2.75) is 43.9 Å². The topological polar surface area (TPSA) is 91.3 Å². The molecule has 226 valence electrons. The number of urea groups is 1. The van der Waals surface area contributed by atoms with Crippen molar-refractivity contribution < 1.29 is 54.9 Å². The molecule has 3 rings (SSSR count). The number of carbonyl (C=O) groups is 2. The zero-order chi connectivity index (χ0) is 30.5. The number of benzene rings is 2. The van der Waals surface area contributed by atoms with Gasteiger partial charge in [-0.25, -0.2) is 14.0 Å². The predicted molar refractivity (Wildman–Crippen MR) is 130 cm³/mol. The minimum Gasteiger partial charge on any atom is -0.496 e. The number of hydrogen-bond donors (Lipinski definition) is 2. The number of halogens is 7. The van der Waals surface area contributed by atoms with Crippen LogP contribution in [0.3, 0.4) is 0 Å². The van der Waals surface area contributed by atoms with Gasteiger partial charge in [0.15, 0.2) is 0 Å². The molecule has 8 nitrogen and oxygen atoms in total. The summed E-state index contributed by atoms with van der Waals surface area (Å²) in [6, 6.07) is 3.08. The average Bonchev–Trinajstić information content (AvgIpc) is 2.90. The summed E-state index contributed by atoms with van der Waals surface area (Å²) in [7, 11) is 2.50. The Morgan fingerprint density at radius 3 is 2.27 bits per heavy atom. The highest BCUT2D eigenvalue weighted by molar-refractivity contribution is 5.75. The summed E-state index contributed by atoms with van der Waals surface area (Å²) in [5.74, 6) is -0.550. The van der Waals surface area contributed by atoms with E-state index in [1.807, 2.05) is 0 Å². The van der Waals surface area contributed by atoms with Crippen molar-refractivity contribution in [1.29, 1.82) is 0 Å². The minimum absolute atomic E-state index is 0.00362. The van der Waals surface area contributed by atoms with Gasteiger partial charge in [0.05, 0.1) is 30.9 Å². The number of ether oxygens (including phenoxy) is 2. The van der Waals surface area contributed by atoms with Gasteiger partial charge >= 0.3 is 24.5 Å². The van der Waals surface area contributed by atoms with Crippen LogP contribution in [-0.4, -0.2) is 67.0 Å². The molecule has 2 N–H and O–H groups in total. The fourth-order valence-corrected chi connectivity index (χ4v) is 4.55. The Balaban J connectivity index is 1.90. The Kier molecular flexibility index (Phi) is 9.94. The van der Waals surface area contributed by atoms with E-state index in [2.05, 4.69) is 5.32 Å². The Labute approximate surface area is 230 Å². The number of aliphatic hydroxyl groups is 1. The number of rotatable bonds is 7. The van der Waals surface area contributed by atoms with Crippen LogP contribution >= 0.6 is 0 Å². The zero-order valence-corrected chi connectivity index (χ0v) is 22.0. The lowest BCUT2D eigenvalue weighted by Crippen LogP contribution is -2.48. The van der Waals surface area contributed by atoms with E-state index in [4.69, 9.17) is 14.6 Å². The highest BCUT2D eigenvalue weighted by atomic mass is 19.4. The van der Waals surface area contributed by atoms with Gasteiger partial charge in [0.25, 0.3) is 0 Å². The summed E-state index contributed by atoms with van der Waals surface area (Å²) in [4.78, 5) is 27.8. The lowest BCUT2D eigenvalue weighted by molar-refractivity contribution is -0.143. The molecular formula is C26H28F7N3O5. The van der Waals surface area contributed by atoms with Gasteiger partial charge in [0, 0.05) is 51.2 Å². The van der Waals surface area contributed by atoms with Gasteiger partial charge in [0.2, 0.25) is 0 Å². The summed E-state index contributed by atoms with van der Waals surface area (Å²) in [6.45, 7) is -0.982. The Morgan fingerprint density at radius 1 is 1.07 bits per heavy atom. The van der Waals surface area contributed by atoms with Gasteiger partial charge in [-0.1, -0.05) is 6.07 Å². The van der Waals surface area contributed by atoms with Crippen molar-refractivity contribution in [1.82, 2.24) is 15.1 Å². The average molecular weight is 596 g/mol. The number of hydrogen-bond acceptors (Lipinski definition) is 5. The quantitative estimate of drug-likeness (QED) is 0.422. The molecular weight excluding hydrogens is 567 g/mol. The molecule has 2 aromatic rings. The molecule has 0 radical (unpaired) electrons. The number of alkyl halides is 6. The number of amides is 3. The molecule has 0 bridgehead atoms. The first-order valence-electron chi connectivity index (χ1n) is 12.3. The summed E-state index contributed by atoms with van der Waals surface area (Å²) < 4.78 is 104. The smallest absolute Gasteiger partial charge is 0.416 e. The van der Waals surface area contributed by atoms with E-state index in [1.165, 1.54) is 25.1 Å². The van der Waals surface area contributed by atoms with Gasteiger partial charge < -0.3 is 29.7 Å². The second-order valence-electron chi connectivity index (χ2n) is 9.35. The van der Waals surface area contributed by atoms with Crippen LogP contribution in [0, 0.1) is 5.82 Å². The van der Waals surface area contributed by atoms with E-state index in [-0.39, 0.29) is 44.4 Å². The van der Waals surface area contributed by atoms with Crippen LogP contribution in [0.15, 0.2) is 36.4 Å². The zero-order valence-electron chi connectivity index (χ0n) is 22.0. The molecule has 0 saturated carbocycles. The van der Waals surface area contributed by atoms with Crippen molar-refractivity contribution in [3.63, 3.8) is 0 Å². The van der Waals surface area contributed by atoms with Crippen molar-refractivity contribution in [2.24, 2.45) is 0 Å². The maximum Gasteiger partial charge on any atom is 0.416 e. The number of nitrogens with one attached hydrogen (secondary N) is 1. The third kappa shape index (κ3) is 8.15. The molecule has 0 aliphatic carbocycles. The van der Waals surface area contributed by atoms with Crippen LogP contribution in [-0.2, 0) is 23.6 Å². The number of alkyl carbamates (subject to hydrolysis) is 1. The third-order valence-electron chi connectivity index (χ3n) is 6.40. The van der Waals surface area contributed by atoms with E-state index >= 15 is 0 Å². The molecule has 0 spiro atoms. The van der Waals surface area contributed by atoms with Crippen molar-refractivity contribution in [3.8, 4) is 5.75 Å². The van der Waals surface area contributed by atoms with Crippen molar-refractivity contribution in [2.75, 3.05) is 33.9 Å². The van der Waals surface area contributed by atoms with Crippen LogP contribution in [0.25, 0.3) is 0 Å². The highest BCUT2D eigenvalue weighted by Gasteiger charge is 2.39. The molecule has 2 atom stereocenters. The van der Waals surface area contributed by atoms with Gasteiger partial charge in [-0.05, 0) is 29.8 Å². The van der Waals surface area contributed by atoms with E-state index in [0.29, 0.717) is 17.7 Å². The second kappa shape index (κ2) is 12.8. The molecule has 3 amide bonds. The van der Waals surface area contributed by atoms with E-state index in [9.17, 15) is 40.3 Å². The Hall–Kier alpha value is -3.75. The highest BCUT2D eigenvalue weighted by Crippen LogP contribution is 2.39. The summed E-state index contributed by atoms with van der Waals surface area (Å²) in [6.07, 6.45) is -11.5. The van der Waals surface area contributed by atoms with Crippen LogP contribution in [0.1, 0.15) is 41.1 Å². The lowest BCUT2D eigenvalue weighted by Gasteiger charge is -2.41. The van der Waals surface area contributed by atoms with E-state index < -0.39 is 65.7 Å². The first-order valence-corrected chi connectivity index (χ1v) is 12.3. The van der Waals surface area contributed by atoms with E-state index in [0.717, 1.165) is 17.0 Å². The molecule has 1 fully saturated rings. The van der Waals surface area contributed by atoms with Crippen molar-refractivity contribution in [3.05, 3.63) is 64.5 Å². The number of methoxy groups -OCH3 is 1. The number of likely N-dealkylation sites (tertiary alicyclic amines) is 1. The van der Waals surface area contributed by atoms with Gasteiger partial charge in [0.1, 0.15) is 17.7 Å². The molecule has 0 aromatic heterocycles. The Bertz CT molecular complexity index is 1210. The third-order valence-corrected chi connectivity index (χ3v) is 6.40. The van der Waals surface area contributed by atoms with Crippen LogP contribution in [0.2, 0.25) is 0 Å². The fourth-order valence-electron chi connectivity index (χ4n) is 4.55. The summed E-state index contributed by atoms with van der Waals surface area (Å²) in [5.41, 5.74) is -3.06. The fraction of sp³-hybridized carbons (Fsp3) is 0.462. The molecule has 1 saturated heterocycles. The van der Waals surface area contributed by atoms with E-state index in [1.54, 1.807) is 0 Å². The standard InChI is InChI=1S/C26H28F7N3O5/c1-35(14-15-9-16(25(28,29)30)11-17(10-15)26(31,32)33)24(39)36-7-5-19(41-23(38)34-6-8-37)13-21(36)20-4-3-18(27)12-22(20)40-2/h3-4,9-12,19,21,37H,5-8,13-14H2,1-2H3,(H,34,38). The second-order valence-corrected chi connectivity index (χ2v) is 9.35. The summed E-state index contributed by atoms with van der Waals surface area (Å²) >= 11 is 0. The number of carbonyl (C=O) groups excluding carboxylic acids is 2. The largest absolute Gasteiger partial charge is 0.496 e. The van der Waals surface area contributed by atoms with Crippen LogP contribution < -0.4 is 10.1 Å². The minimum atomic E-state index is -5.05. The SMILES string of the molecule is COc1cc(F)ccc1C1CC(OC(=O)NCCO)CCN1C(=O)N(C)Cc1cc(C(F)(F)F)cc(C(F)(F)F)c1. The molecule has 2 aromatic carbocycles. The number of nitrogens with zero attached hydrogens (tertiary/aromatic N) is 2. The first-order chi connectivity index (χ1) is 19.1. The molecule has 1 aliphatic rings. The van der Waals surface area contributed by atoms with Gasteiger partial charge in [-0.2, -0.15) is 26.3 Å². The molecule has 1 aliphatic heterocycles. The molecule has 15 heteroatoms. The molecule has 41 heavy (non-hydrogen) atoms. The molecule has 1 heterocycles. The van der Waals surface area contributed by atoms with Gasteiger partial charge in [-0.15, -0.1) is 0 Å². The maximum atomic E-state index is 13.9. The summed E-state index contributed by atoms with van der Waals surface area (Å²) in [5, 5.41) is 11.2. The normalized spacial score (nSPS) is 17.7. The van der Waals surface area contributed by atoms with Crippen LogP contribution in [0.5, 0.6) is 5.75 Å². The predicted octanol–water partition coefficient (Wildman–Crippen LogP) is 5.35. The lowest BCUT2D eigenvalue weighted by atomic mass is 9.92. The first kappa shape index (κ1) is 31.8.